The lowest BCUT2D eigenvalue weighted by atomic mass is 9.95. The van der Waals surface area contributed by atoms with Crippen LogP contribution in [-0.4, -0.2) is 0 Å². The molecule has 0 aromatic heterocycles. The van der Waals surface area contributed by atoms with Crippen LogP contribution in [0.3, 0.4) is 0 Å². The SMILES string of the molecule is CC(C)C(NN)c1ccc2ccccc2c1. The van der Waals surface area contributed by atoms with Gasteiger partial charge in [-0.3, -0.25) is 11.3 Å². The van der Waals surface area contributed by atoms with Crippen LogP contribution < -0.4 is 11.3 Å². The third-order valence-electron chi connectivity index (χ3n) is 2.98. The van der Waals surface area contributed by atoms with Crippen molar-refractivity contribution in [3.05, 3.63) is 48.0 Å². The molecule has 84 valence electrons. The maximum absolute atomic E-state index is 5.60. The van der Waals surface area contributed by atoms with Crippen LogP contribution in [0.25, 0.3) is 10.8 Å². The zero-order valence-corrected chi connectivity index (χ0v) is 9.77. The highest BCUT2D eigenvalue weighted by molar-refractivity contribution is 5.83. The highest BCUT2D eigenvalue weighted by Crippen LogP contribution is 2.24. The van der Waals surface area contributed by atoms with Gasteiger partial charge in [-0.2, -0.15) is 0 Å². The molecule has 0 bridgehead atoms. The van der Waals surface area contributed by atoms with Crippen molar-refractivity contribution in [3.63, 3.8) is 0 Å². The topological polar surface area (TPSA) is 38.0 Å². The summed E-state index contributed by atoms with van der Waals surface area (Å²) in [5, 5.41) is 2.53. The lowest BCUT2D eigenvalue weighted by molar-refractivity contribution is 0.421. The van der Waals surface area contributed by atoms with E-state index in [1.54, 1.807) is 0 Å². The molecular formula is C14H18N2. The second-order valence-corrected chi connectivity index (χ2v) is 4.49. The van der Waals surface area contributed by atoms with E-state index >= 15 is 0 Å². The van der Waals surface area contributed by atoms with E-state index in [1.165, 1.54) is 16.3 Å². The first-order chi connectivity index (χ1) is 7.72. The normalized spacial score (nSPS) is 13.2. The fourth-order valence-electron chi connectivity index (χ4n) is 2.07. The largest absolute Gasteiger partial charge is 0.271 e. The summed E-state index contributed by atoms with van der Waals surface area (Å²) in [6.07, 6.45) is 0. The van der Waals surface area contributed by atoms with Gasteiger partial charge in [0.15, 0.2) is 0 Å². The summed E-state index contributed by atoms with van der Waals surface area (Å²) in [6.45, 7) is 4.33. The molecule has 0 saturated heterocycles. The Morgan fingerprint density at radius 1 is 1.00 bits per heavy atom. The number of hydrogen-bond acceptors (Lipinski definition) is 2. The standard InChI is InChI=1S/C14H18N2/c1-10(2)14(16-15)13-8-7-11-5-3-4-6-12(11)9-13/h3-10,14,16H,15H2,1-2H3. The van der Waals surface area contributed by atoms with Gasteiger partial charge in [-0.25, -0.2) is 0 Å². The molecule has 1 unspecified atom stereocenters. The lowest BCUT2D eigenvalue weighted by Gasteiger charge is -2.20. The van der Waals surface area contributed by atoms with Crippen molar-refractivity contribution in [3.8, 4) is 0 Å². The van der Waals surface area contributed by atoms with Crippen LogP contribution in [0.2, 0.25) is 0 Å². The fourth-order valence-corrected chi connectivity index (χ4v) is 2.07. The maximum atomic E-state index is 5.60. The summed E-state index contributed by atoms with van der Waals surface area (Å²) in [5.41, 5.74) is 4.13. The Morgan fingerprint density at radius 3 is 2.31 bits per heavy atom. The molecule has 0 aliphatic rings. The molecule has 2 nitrogen and oxygen atoms in total. The zero-order chi connectivity index (χ0) is 11.5. The summed E-state index contributed by atoms with van der Waals surface area (Å²) in [4.78, 5) is 0. The van der Waals surface area contributed by atoms with Crippen LogP contribution in [0, 0.1) is 5.92 Å². The molecule has 0 aliphatic carbocycles. The zero-order valence-electron chi connectivity index (χ0n) is 9.77. The van der Waals surface area contributed by atoms with E-state index in [0.717, 1.165) is 0 Å². The van der Waals surface area contributed by atoms with Gasteiger partial charge in [0.2, 0.25) is 0 Å². The van der Waals surface area contributed by atoms with Crippen LogP contribution in [0.5, 0.6) is 0 Å². The first kappa shape index (κ1) is 11.1. The molecule has 0 spiro atoms. The molecule has 2 rings (SSSR count). The van der Waals surface area contributed by atoms with Gasteiger partial charge in [0.05, 0.1) is 0 Å². The minimum atomic E-state index is 0.213. The summed E-state index contributed by atoms with van der Waals surface area (Å²) in [6, 6.07) is 15.1. The van der Waals surface area contributed by atoms with Crippen molar-refractivity contribution in [1.29, 1.82) is 0 Å². The second kappa shape index (κ2) is 4.64. The second-order valence-electron chi connectivity index (χ2n) is 4.49. The predicted molar refractivity (Wildman–Crippen MR) is 68.9 cm³/mol. The maximum Gasteiger partial charge on any atom is 0.0483 e. The highest BCUT2D eigenvalue weighted by Gasteiger charge is 2.13. The molecule has 2 aromatic carbocycles. The monoisotopic (exact) mass is 214 g/mol. The number of rotatable bonds is 3. The van der Waals surface area contributed by atoms with E-state index in [2.05, 4.69) is 61.7 Å². The van der Waals surface area contributed by atoms with Gasteiger partial charge in [-0.1, -0.05) is 50.2 Å². The molecule has 0 aliphatic heterocycles. The third kappa shape index (κ3) is 2.08. The van der Waals surface area contributed by atoms with Crippen LogP contribution in [0.1, 0.15) is 25.5 Å². The lowest BCUT2D eigenvalue weighted by Crippen LogP contribution is -2.31. The molecule has 2 aromatic rings. The average Bonchev–Trinajstić information content (AvgIpc) is 2.29. The Bertz CT molecular complexity index is 477. The summed E-state index contributed by atoms with van der Waals surface area (Å²) in [7, 11) is 0. The number of hydrogen-bond donors (Lipinski definition) is 2. The minimum absolute atomic E-state index is 0.213. The smallest absolute Gasteiger partial charge is 0.0483 e. The molecule has 0 radical (unpaired) electrons. The van der Waals surface area contributed by atoms with Gasteiger partial charge in [0.25, 0.3) is 0 Å². The van der Waals surface area contributed by atoms with Crippen molar-refractivity contribution in [1.82, 2.24) is 5.43 Å². The molecule has 16 heavy (non-hydrogen) atoms. The number of nitrogens with one attached hydrogen (secondary N) is 1. The summed E-state index contributed by atoms with van der Waals surface area (Å²) < 4.78 is 0. The molecule has 3 N–H and O–H groups in total. The van der Waals surface area contributed by atoms with Gasteiger partial charge in [-0.15, -0.1) is 0 Å². The van der Waals surface area contributed by atoms with Crippen LogP contribution >= 0.6 is 0 Å². The number of hydrazine groups is 1. The minimum Gasteiger partial charge on any atom is -0.271 e. The van der Waals surface area contributed by atoms with Crippen molar-refractivity contribution in [2.75, 3.05) is 0 Å². The molecule has 1 atom stereocenters. The molecule has 0 heterocycles. The van der Waals surface area contributed by atoms with Crippen molar-refractivity contribution < 1.29 is 0 Å². The van der Waals surface area contributed by atoms with E-state index in [0.29, 0.717) is 5.92 Å². The number of benzene rings is 2. The average molecular weight is 214 g/mol. The number of fused-ring (bicyclic) bond motifs is 1. The van der Waals surface area contributed by atoms with Crippen molar-refractivity contribution in [2.24, 2.45) is 11.8 Å². The molecule has 0 amide bonds. The molecular weight excluding hydrogens is 196 g/mol. The summed E-state index contributed by atoms with van der Waals surface area (Å²) >= 11 is 0. The van der Waals surface area contributed by atoms with Gasteiger partial charge >= 0.3 is 0 Å². The van der Waals surface area contributed by atoms with E-state index in [4.69, 9.17) is 5.84 Å². The quantitative estimate of drug-likeness (QED) is 0.609. The van der Waals surface area contributed by atoms with Crippen LogP contribution in [0.15, 0.2) is 42.5 Å². The van der Waals surface area contributed by atoms with Gasteiger partial charge in [-0.05, 0) is 28.3 Å². The Hall–Kier alpha value is -1.38. The van der Waals surface area contributed by atoms with E-state index in [-0.39, 0.29) is 6.04 Å². The van der Waals surface area contributed by atoms with Crippen LogP contribution in [-0.2, 0) is 0 Å². The first-order valence-corrected chi connectivity index (χ1v) is 5.67. The molecule has 0 fully saturated rings. The van der Waals surface area contributed by atoms with E-state index in [1.807, 2.05) is 0 Å². The van der Waals surface area contributed by atoms with Crippen molar-refractivity contribution in [2.45, 2.75) is 19.9 Å². The third-order valence-corrected chi connectivity index (χ3v) is 2.98. The fraction of sp³-hybridized carbons (Fsp3) is 0.286. The molecule has 0 saturated carbocycles. The Morgan fingerprint density at radius 2 is 1.69 bits per heavy atom. The van der Waals surface area contributed by atoms with E-state index in [9.17, 15) is 0 Å². The Balaban J connectivity index is 2.45. The Kier molecular flexibility index (Phi) is 3.22. The predicted octanol–water partition coefficient (Wildman–Crippen LogP) is 3.00. The molecule has 2 heteroatoms. The summed E-state index contributed by atoms with van der Waals surface area (Å²) in [5.74, 6) is 6.08. The number of nitrogens with two attached hydrogens (primary N) is 1. The van der Waals surface area contributed by atoms with Gasteiger partial charge in [0.1, 0.15) is 0 Å². The Labute approximate surface area is 96.4 Å². The van der Waals surface area contributed by atoms with E-state index < -0.39 is 0 Å². The van der Waals surface area contributed by atoms with Gasteiger partial charge < -0.3 is 0 Å². The first-order valence-electron chi connectivity index (χ1n) is 5.67. The highest BCUT2D eigenvalue weighted by atomic mass is 15.2. The van der Waals surface area contributed by atoms with Crippen LogP contribution in [0.4, 0.5) is 0 Å². The van der Waals surface area contributed by atoms with Gasteiger partial charge in [0, 0.05) is 6.04 Å². The van der Waals surface area contributed by atoms with Crippen molar-refractivity contribution >= 4 is 10.8 Å².